The van der Waals surface area contributed by atoms with Gasteiger partial charge in [0, 0.05) is 18.0 Å². The number of hydrogen-bond donors (Lipinski definition) is 1. The van der Waals surface area contributed by atoms with Crippen molar-refractivity contribution in [2.45, 2.75) is 45.3 Å². The van der Waals surface area contributed by atoms with Crippen LogP contribution in [0.3, 0.4) is 0 Å². The molecule has 1 unspecified atom stereocenters. The Kier molecular flexibility index (Phi) is 5.39. The van der Waals surface area contributed by atoms with Crippen LogP contribution < -0.4 is 0 Å². The summed E-state index contributed by atoms with van der Waals surface area (Å²) >= 11 is 1.64. The van der Waals surface area contributed by atoms with Crippen molar-refractivity contribution >= 4 is 17.2 Å². The number of aliphatic hydroxyl groups is 1. The Bertz CT molecular complexity index is 540. The van der Waals surface area contributed by atoms with Crippen molar-refractivity contribution in [1.29, 1.82) is 0 Å². The highest BCUT2D eigenvalue weighted by Crippen LogP contribution is 2.25. The predicted octanol–water partition coefficient (Wildman–Crippen LogP) is 2.08. The molecule has 1 aromatic rings. The van der Waals surface area contributed by atoms with Crippen LogP contribution in [0.15, 0.2) is 24.1 Å². The minimum atomic E-state index is -0.801. The van der Waals surface area contributed by atoms with Crippen molar-refractivity contribution in [1.82, 2.24) is 4.90 Å². The van der Waals surface area contributed by atoms with Crippen LogP contribution in [0.1, 0.15) is 24.3 Å². The van der Waals surface area contributed by atoms with Crippen LogP contribution in [-0.2, 0) is 20.8 Å². The van der Waals surface area contributed by atoms with E-state index < -0.39 is 18.0 Å². The Hall–Kier alpha value is -1.21. The molecule has 122 valence electrons. The number of carbonyl (C=O) groups excluding carboxylic acids is 1. The van der Waals surface area contributed by atoms with E-state index in [4.69, 9.17) is 9.47 Å². The maximum Gasteiger partial charge on any atom is 0.246 e. The molecular formula is C16H23NO4S. The van der Waals surface area contributed by atoms with Gasteiger partial charge in [-0.05, 0) is 43.9 Å². The number of aliphatic hydroxyl groups excluding tert-OH is 1. The molecule has 0 bridgehead atoms. The van der Waals surface area contributed by atoms with Gasteiger partial charge in [0.15, 0.2) is 5.79 Å². The number of nitrogens with zero attached hydrogens (tertiary/aromatic N) is 1. The number of hydrogen-bond acceptors (Lipinski definition) is 5. The predicted molar refractivity (Wildman–Crippen MR) is 85.6 cm³/mol. The molecule has 6 heteroatoms. The van der Waals surface area contributed by atoms with Gasteiger partial charge in [-0.25, -0.2) is 0 Å². The van der Waals surface area contributed by atoms with E-state index in [2.05, 4.69) is 6.58 Å². The molecule has 2 rings (SSSR count). The number of amides is 1. The van der Waals surface area contributed by atoms with Crippen molar-refractivity contribution < 1.29 is 19.4 Å². The summed E-state index contributed by atoms with van der Waals surface area (Å²) in [7, 11) is 0. The zero-order valence-corrected chi connectivity index (χ0v) is 14.1. The highest BCUT2D eigenvalue weighted by Gasteiger charge is 2.37. The minimum absolute atomic E-state index is 0.185. The van der Waals surface area contributed by atoms with E-state index in [9.17, 15) is 9.90 Å². The van der Waals surface area contributed by atoms with Crippen molar-refractivity contribution in [3.63, 3.8) is 0 Å². The lowest BCUT2D eigenvalue weighted by atomic mass is 10.1. The quantitative estimate of drug-likeness (QED) is 0.814. The van der Waals surface area contributed by atoms with E-state index >= 15 is 0 Å². The average molecular weight is 325 g/mol. The summed E-state index contributed by atoms with van der Waals surface area (Å²) in [4.78, 5) is 14.8. The normalized spacial score (nSPS) is 21.5. The fourth-order valence-corrected chi connectivity index (χ4v) is 3.11. The second-order valence-electron chi connectivity index (χ2n) is 5.86. The third-order valence-electron chi connectivity index (χ3n) is 3.68. The Balaban J connectivity index is 2.02. The molecule has 1 aliphatic rings. The van der Waals surface area contributed by atoms with Gasteiger partial charge in [0.25, 0.3) is 0 Å². The maximum atomic E-state index is 12.1. The molecule has 1 aliphatic heterocycles. The monoisotopic (exact) mass is 325 g/mol. The molecule has 1 aromatic heterocycles. The van der Waals surface area contributed by atoms with Gasteiger partial charge in [0.05, 0.1) is 6.61 Å². The molecular weight excluding hydrogens is 302 g/mol. The molecule has 1 amide bonds. The molecule has 0 saturated carbocycles. The van der Waals surface area contributed by atoms with E-state index in [0.717, 1.165) is 10.4 Å². The molecule has 2 heterocycles. The molecule has 0 radical (unpaired) electrons. The van der Waals surface area contributed by atoms with Gasteiger partial charge in [-0.2, -0.15) is 0 Å². The fraction of sp³-hybridized carbons (Fsp3) is 0.562. The van der Waals surface area contributed by atoms with E-state index in [0.29, 0.717) is 13.2 Å². The number of carbonyl (C=O) groups is 1. The lowest BCUT2D eigenvalue weighted by Crippen LogP contribution is -2.42. The fourth-order valence-electron chi connectivity index (χ4n) is 2.39. The maximum absolute atomic E-state index is 12.1. The third kappa shape index (κ3) is 4.16. The van der Waals surface area contributed by atoms with E-state index in [1.165, 1.54) is 6.08 Å². The van der Waals surface area contributed by atoms with Crippen LogP contribution in [0.25, 0.3) is 0 Å². The molecule has 1 N–H and O–H groups in total. The van der Waals surface area contributed by atoms with Gasteiger partial charge in [-0.1, -0.05) is 6.58 Å². The number of thiophene rings is 1. The smallest absolute Gasteiger partial charge is 0.246 e. The SMILES string of the molecule is C=CC(=O)N(Cc1ccsc1C)CC(O)[C@H]1COC(C)(C)O1. The molecule has 2 atom stereocenters. The van der Waals surface area contributed by atoms with Gasteiger partial charge < -0.3 is 19.5 Å². The number of rotatable bonds is 6. The van der Waals surface area contributed by atoms with Crippen LogP contribution in [0, 0.1) is 6.92 Å². The van der Waals surface area contributed by atoms with Gasteiger partial charge in [-0.3, -0.25) is 4.79 Å². The molecule has 0 aromatic carbocycles. The van der Waals surface area contributed by atoms with Crippen molar-refractivity contribution in [2.24, 2.45) is 0 Å². The Morgan fingerprint density at radius 3 is 2.91 bits per heavy atom. The van der Waals surface area contributed by atoms with Crippen molar-refractivity contribution in [3.05, 3.63) is 34.5 Å². The summed E-state index contributed by atoms with van der Waals surface area (Å²) in [5, 5.41) is 12.4. The first-order chi connectivity index (χ1) is 10.3. The Morgan fingerprint density at radius 1 is 1.68 bits per heavy atom. The third-order valence-corrected chi connectivity index (χ3v) is 4.57. The van der Waals surface area contributed by atoms with Gasteiger partial charge in [0.1, 0.15) is 12.2 Å². The number of aryl methyl sites for hydroxylation is 1. The summed E-state index contributed by atoms with van der Waals surface area (Å²) < 4.78 is 11.1. The number of ether oxygens (including phenoxy) is 2. The molecule has 22 heavy (non-hydrogen) atoms. The molecule has 0 aliphatic carbocycles. The average Bonchev–Trinajstić information content (AvgIpc) is 3.03. The van der Waals surface area contributed by atoms with Crippen molar-refractivity contribution in [2.75, 3.05) is 13.2 Å². The van der Waals surface area contributed by atoms with Gasteiger partial charge in [0.2, 0.25) is 5.91 Å². The largest absolute Gasteiger partial charge is 0.388 e. The first-order valence-electron chi connectivity index (χ1n) is 7.26. The zero-order chi connectivity index (χ0) is 16.3. The Morgan fingerprint density at radius 2 is 2.41 bits per heavy atom. The molecule has 5 nitrogen and oxygen atoms in total. The molecule has 1 fully saturated rings. The standard InChI is InChI=1S/C16H23NO4S/c1-5-15(19)17(8-12-6-7-22-11(12)2)9-13(18)14-10-20-16(3,4)21-14/h5-7,13-14,18H,1,8-10H2,2-4H3/t13?,14-/m1/s1. The minimum Gasteiger partial charge on any atom is -0.388 e. The molecule has 0 spiro atoms. The summed E-state index contributed by atoms with van der Waals surface area (Å²) in [6, 6.07) is 1.99. The zero-order valence-electron chi connectivity index (χ0n) is 13.2. The van der Waals surface area contributed by atoms with Gasteiger partial charge in [-0.15, -0.1) is 11.3 Å². The van der Waals surface area contributed by atoms with Crippen LogP contribution in [-0.4, -0.2) is 47.1 Å². The summed E-state index contributed by atoms with van der Waals surface area (Å²) in [6.45, 7) is 10.1. The van der Waals surface area contributed by atoms with Crippen molar-refractivity contribution in [3.8, 4) is 0 Å². The second-order valence-corrected chi connectivity index (χ2v) is 6.98. The highest BCUT2D eigenvalue weighted by atomic mass is 32.1. The van der Waals surface area contributed by atoms with E-state index in [-0.39, 0.29) is 12.5 Å². The molecule has 1 saturated heterocycles. The van der Waals surface area contributed by atoms with Crippen LogP contribution >= 0.6 is 11.3 Å². The lowest BCUT2D eigenvalue weighted by molar-refractivity contribution is -0.153. The summed E-state index contributed by atoms with van der Waals surface area (Å²) in [5.74, 6) is -0.897. The Labute approximate surface area is 135 Å². The van der Waals surface area contributed by atoms with Crippen LogP contribution in [0.2, 0.25) is 0 Å². The van der Waals surface area contributed by atoms with Crippen LogP contribution in [0.4, 0.5) is 0 Å². The van der Waals surface area contributed by atoms with E-state index in [1.54, 1.807) is 30.1 Å². The van der Waals surface area contributed by atoms with Gasteiger partial charge >= 0.3 is 0 Å². The second kappa shape index (κ2) is 6.91. The first-order valence-corrected chi connectivity index (χ1v) is 8.14. The summed E-state index contributed by atoms with van der Waals surface area (Å²) in [6.07, 6.45) is 0.0352. The van der Waals surface area contributed by atoms with Crippen LogP contribution in [0.5, 0.6) is 0 Å². The lowest BCUT2D eigenvalue weighted by Gasteiger charge is -2.27. The first kappa shape index (κ1) is 17.1. The topological polar surface area (TPSA) is 59.0 Å². The summed E-state index contributed by atoms with van der Waals surface area (Å²) in [5.41, 5.74) is 1.08. The van der Waals surface area contributed by atoms with E-state index in [1.807, 2.05) is 18.4 Å². The highest BCUT2D eigenvalue weighted by molar-refractivity contribution is 7.10.